The molecule has 0 aliphatic carbocycles. The number of carbonyl (C=O) groups excluding carboxylic acids is 1. The van der Waals surface area contributed by atoms with Crippen LogP contribution in [0.1, 0.15) is 96.5 Å². The van der Waals surface area contributed by atoms with Crippen molar-refractivity contribution in [1.82, 2.24) is 9.80 Å². The fraction of sp³-hybridized carbons (Fsp3) is 0.724. The van der Waals surface area contributed by atoms with Crippen molar-refractivity contribution in [3.63, 3.8) is 0 Å². The van der Waals surface area contributed by atoms with Gasteiger partial charge in [0, 0.05) is 31.6 Å². The quantitative estimate of drug-likeness (QED) is 0.293. The average Bonchev–Trinajstić information content (AvgIpc) is 3.48. The number of carboxylic acids is 1. The van der Waals surface area contributed by atoms with E-state index in [-0.39, 0.29) is 31.2 Å². The van der Waals surface area contributed by atoms with Gasteiger partial charge in [0.05, 0.1) is 12.5 Å². The van der Waals surface area contributed by atoms with Crippen LogP contribution in [-0.4, -0.2) is 65.8 Å². The van der Waals surface area contributed by atoms with Crippen LogP contribution in [0.25, 0.3) is 0 Å². The van der Waals surface area contributed by atoms with Crippen LogP contribution in [0.15, 0.2) is 18.2 Å². The summed E-state index contributed by atoms with van der Waals surface area (Å²) in [5.74, 6) is -0.0178. The Hall–Kier alpha value is -2.28. The molecule has 3 atom stereocenters. The molecule has 0 spiro atoms. The molecule has 7 heteroatoms. The van der Waals surface area contributed by atoms with Gasteiger partial charge in [0.1, 0.15) is 0 Å². The molecule has 1 saturated heterocycles. The Labute approximate surface area is 217 Å². The predicted molar refractivity (Wildman–Crippen MR) is 142 cm³/mol. The third-order valence-electron chi connectivity index (χ3n) is 7.72. The lowest BCUT2D eigenvalue weighted by molar-refractivity contribution is -0.144. The molecule has 3 unspecified atom stereocenters. The Morgan fingerprint density at radius 3 is 2.28 bits per heavy atom. The number of unbranched alkanes of at least 4 members (excludes halogenated alkanes) is 6. The van der Waals surface area contributed by atoms with Gasteiger partial charge >= 0.3 is 5.97 Å². The van der Waals surface area contributed by atoms with E-state index >= 15 is 0 Å². The van der Waals surface area contributed by atoms with Crippen LogP contribution in [0, 0.1) is 5.92 Å². The molecule has 2 aliphatic heterocycles. The lowest BCUT2D eigenvalue weighted by atomic mass is 9.83. The van der Waals surface area contributed by atoms with Crippen LogP contribution in [0.5, 0.6) is 11.5 Å². The standard InChI is InChI=1S/C29H46N2O5/c1-4-7-10-11-12-13-24-28(29(33)34)23(22-14-15-25-26(18-22)36-21-35-25)19-31(24)20-27(32)30(16-8-5-2)17-9-6-3/h14-15,18,23-24,28H,4-13,16-17,19-21H2,1-3H3,(H,33,34). The maximum atomic E-state index is 13.4. The van der Waals surface area contributed by atoms with Crippen LogP contribution in [0.3, 0.4) is 0 Å². The number of carbonyl (C=O) groups is 2. The summed E-state index contributed by atoms with van der Waals surface area (Å²) in [6, 6.07) is 5.62. The topological polar surface area (TPSA) is 79.3 Å². The summed E-state index contributed by atoms with van der Waals surface area (Å²) in [4.78, 5) is 30.2. The highest BCUT2D eigenvalue weighted by Crippen LogP contribution is 2.43. The molecule has 2 aliphatic rings. The van der Waals surface area contributed by atoms with E-state index < -0.39 is 11.9 Å². The van der Waals surface area contributed by atoms with Crippen LogP contribution in [0.2, 0.25) is 0 Å². The summed E-state index contributed by atoms with van der Waals surface area (Å²) in [7, 11) is 0. The summed E-state index contributed by atoms with van der Waals surface area (Å²) in [5, 5.41) is 10.4. The van der Waals surface area contributed by atoms with Gasteiger partial charge in [-0.2, -0.15) is 0 Å². The molecule has 1 amide bonds. The number of ether oxygens (including phenoxy) is 2. The van der Waals surface area contributed by atoms with Crippen molar-refractivity contribution in [2.75, 3.05) is 33.0 Å². The molecular weight excluding hydrogens is 456 g/mol. The Morgan fingerprint density at radius 1 is 0.944 bits per heavy atom. The molecular formula is C29H46N2O5. The fourth-order valence-corrected chi connectivity index (χ4v) is 5.62. The Kier molecular flexibility index (Phi) is 11.4. The number of carboxylic acid groups (broad SMARTS) is 1. The van der Waals surface area contributed by atoms with Crippen LogP contribution >= 0.6 is 0 Å². The molecule has 0 radical (unpaired) electrons. The molecule has 36 heavy (non-hydrogen) atoms. The number of nitrogens with zero attached hydrogens (tertiary/aromatic N) is 2. The second kappa shape index (κ2) is 14.5. The third kappa shape index (κ3) is 7.37. The number of hydrogen-bond acceptors (Lipinski definition) is 5. The largest absolute Gasteiger partial charge is 0.481 e. The minimum atomic E-state index is -0.778. The van der Waals surface area contributed by atoms with E-state index in [1.807, 2.05) is 23.1 Å². The molecule has 1 N–H and O–H groups in total. The van der Waals surface area contributed by atoms with Crippen molar-refractivity contribution in [2.24, 2.45) is 5.92 Å². The van der Waals surface area contributed by atoms with Crippen molar-refractivity contribution >= 4 is 11.9 Å². The van der Waals surface area contributed by atoms with Gasteiger partial charge in [-0.3, -0.25) is 14.5 Å². The van der Waals surface area contributed by atoms with Gasteiger partial charge < -0.3 is 19.5 Å². The van der Waals surface area contributed by atoms with Crippen molar-refractivity contribution in [2.45, 2.75) is 96.9 Å². The maximum Gasteiger partial charge on any atom is 0.308 e. The second-order valence-electron chi connectivity index (χ2n) is 10.4. The zero-order valence-corrected chi connectivity index (χ0v) is 22.5. The molecule has 7 nitrogen and oxygen atoms in total. The summed E-state index contributed by atoms with van der Waals surface area (Å²) < 4.78 is 11.0. The van der Waals surface area contributed by atoms with Gasteiger partial charge in [-0.25, -0.2) is 0 Å². The highest BCUT2D eigenvalue weighted by atomic mass is 16.7. The van der Waals surface area contributed by atoms with Crippen molar-refractivity contribution in [1.29, 1.82) is 0 Å². The zero-order chi connectivity index (χ0) is 25.9. The van der Waals surface area contributed by atoms with Gasteiger partial charge in [-0.1, -0.05) is 71.8 Å². The van der Waals surface area contributed by atoms with Crippen LogP contribution in [-0.2, 0) is 9.59 Å². The zero-order valence-electron chi connectivity index (χ0n) is 22.5. The summed E-state index contributed by atoms with van der Waals surface area (Å²) >= 11 is 0. The van der Waals surface area contributed by atoms with E-state index in [1.165, 1.54) is 19.3 Å². The minimum Gasteiger partial charge on any atom is -0.481 e. The Morgan fingerprint density at radius 2 is 1.61 bits per heavy atom. The number of aliphatic carboxylic acids is 1. The number of fused-ring (bicyclic) bond motifs is 1. The SMILES string of the molecule is CCCCCCCC1C(C(=O)O)C(c2ccc3c(c2)OCO3)CN1CC(=O)N(CCCC)CCCC. The first-order valence-corrected chi connectivity index (χ1v) is 14.1. The van der Waals surface area contributed by atoms with Gasteiger partial charge in [-0.05, 0) is 37.0 Å². The molecule has 2 heterocycles. The number of rotatable bonds is 16. The van der Waals surface area contributed by atoms with E-state index in [2.05, 4.69) is 25.7 Å². The molecule has 0 saturated carbocycles. The second-order valence-corrected chi connectivity index (χ2v) is 10.4. The number of amides is 1. The number of likely N-dealkylation sites (tertiary alicyclic amines) is 1. The van der Waals surface area contributed by atoms with E-state index in [1.54, 1.807) is 0 Å². The predicted octanol–water partition coefficient (Wildman–Crippen LogP) is 5.67. The molecule has 0 bridgehead atoms. The van der Waals surface area contributed by atoms with Crippen molar-refractivity contribution < 1.29 is 24.2 Å². The van der Waals surface area contributed by atoms with Crippen molar-refractivity contribution in [3.8, 4) is 11.5 Å². The monoisotopic (exact) mass is 502 g/mol. The van der Waals surface area contributed by atoms with E-state index in [9.17, 15) is 14.7 Å². The Bertz CT molecular complexity index is 837. The molecule has 1 aromatic carbocycles. The smallest absolute Gasteiger partial charge is 0.308 e. The van der Waals surface area contributed by atoms with Crippen LogP contribution in [0.4, 0.5) is 0 Å². The van der Waals surface area contributed by atoms with Crippen LogP contribution < -0.4 is 9.47 Å². The average molecular weight is 503 g/mol. The van der Waals surface area contributed by atoms with Gasteiger partial charge in [0.15, 0.2) is 11.5 Å². The highest BCUT2D eigenvalue weighted by molar-refractivity contribution is 5.79. The first-order valence-electron chi connectivity index (χ1n) is 14.1. The summed E-state index contributed by atoms with van der Waals surface area (Å²) in [6.45, 7) is 9.09. The molecule has 3 rings (SSSR count). The fourth-order valence-electron chi connectivity index (χ4n) is 5.62. The van der Waals surface area contributed by atoms with E-state index in [0.717, 1.165) is 63.6 Å². The molecule has 1 fully saturated rings. The van der Waals surface area contributed by atoms with Crippen molar-refractivity contribution in [3.05, 3.63) is 23.8 Å². The normalized spacial score (nSPS) is 21.1. The molecule has 1 aromatic rings. The first-order chi connectivity index (χ1) is 17.5. The molecule has 0 aromatic heterocycles. The Balaban J connectivity index is 1.80. The summed E-state index contributed by atoms with van der Waals surface area (Å²) in [6.07, 6.45) is 10.5. The molecule has 202 valence electrons. The van der Waals surface area contributed by atoms with E-state index in [0.29, 0.717) is 18.0 Å². The lowest BCUT2D eigenvalue weighted by Crippen LogP contribution is -2.44. The van der Waals surface area contributed by atoms with Gasteiger partial charge in [0.2, 0.25) is 12.7 Å². The lowest BCUT2D eigenvalue weighted by Gasteiger charge is -2.30. The maximum absolute atomic E-state index is 13.4. The third-order valence-corrected chi connectivity index (χ3v) is 7.72. The number of hydrogen-bond donors (Lipinski definition) is 1. The highest BCUT2D eigenvalue weighted by Gasteiger charge is 2.47. The van der Waals surface area contributed by atoms with E-state index in [4.69, 9.17) is 9.47 Å². The first kappa shape index (κ1) is 28.3. The number of benzene rings is 1. The summed E-state index contributed by atoms with van der Waals surface area (Å²) in [5.41, 5.74) is 0.950. The van der Waals surface area contributed by atoms with Gasteiger partial charge in [0.25, 0.3) is 0 Å². The minimum absolute atomic E-state index is 0.128. The van der Waals surface area contributed by atoms with Gasteiger partial charge in [-0.15, -0.1) is 0 Å².